The summed E-state index contributed by atoms with van der Waals surface area (Å²) in [6.07, 6.45) is 3.24. The number of rotatable bonds is 10. The number of benzene rings is 8. The summed E-state index contributed by atoms with van der Waals surface area (Å²) in [4.78, 5) is 26.6. The number of thiophene rings is 1. The summed E-state index contributed by atoms with van der Waals surface area (Å²) in [7, 11) is 0. The van der Waals surface area contributed by atoms with Gasteiger partial charge in [-0.2, -0.15) is 0 Å². The molecule has 0 saturated carbocycles. The van der Waals surface area contributed by atoms with Crippen LogP contribution in [0.3, 0.4) is 0 Å². The highest BCUT2D eigenvalue weighted by Crippen LogP contribution is 2.45. The molecule has 0 unspecified atom stereocenters. The van der Waals surface area contributed by atoms with E-state index in [0.717, 1.165) is 91.5 Å². The Balaban J connectivity index is 1.15. The molecule has 8 aromatic carbocycles. The number of aromatic nitrogens is 6. The molecule has 0 aliphatic rings. The molecular weight excluding hydrogens is 1210 g/mol. The minimum Gasteiger partial charge on any atom is -0.309 e. The standard InChI is InChI=1S/C59H39I3N6S/c1-2-3-14-35-27-39(29-41(60)28-35)58-65-57(66-59(67-58)40-30-42(61)33-43(62)31-40)38-23-25-51(47(32-38)49-34-48(36-15-6-4-7-16-36)63-56(64-49)37-17-8-5-9-18-37)68-50-21-12-10-20-46(50)54-52(68)26-24-45-44-19-11-13-22-53(44)69-55(45)54/h4-13,15-34H,2-3,14H2,1H3. The van der Waals surface area contributed by atoms with E-state index in [0.29, 0.717) is 23.3 Å². The fourth-order valence-electron chi connectivity index (χ4n) is 9.38. The van der Waals surface area contributed by atoms with E-state index in [1.165, 1.54) is 36.5 Å². The average Bonchev–Trinajstić information content (AvgIpc) is 3.93. The molecule has 0 atom stereocenters. The van der Waals surface area contributed by atoms with Gasteiger partial charge < -0.3 is 4.57 Å². The van der Waals surface area contributed by atoms with Gasteiger partial charge in [-0.15, -0.1) is 11.3 Å². The molecule has 69 heavy (non-hydrogen) atoms. The lowest BCUT2D eigenvalue weighted by Gasteiger charge is -2.17. The molecule has 12 rings (SSSR count). The van der Waals surface area contributed by atoms with Crippen molar-refractivity contribution in [2.45, 2.75) is 26.2 Å². The van der Waals surface area contributed by atoms with Gasteiger partial charge in [-0.05, 0) is 165 Å². The first-order chi connectivity index (χ1) is 33.8. The second-order valence-corrected chi connectivity index (χ2v) is 21.9. The smallest absolute Gasteiger partial charge is 0.164 e. The lowest BCUT2D eigenvalue weighted by atomic mass is 10.0. The summed E-state index contributed by atoms with van der Waals surface area (Å²) in [6.45, 7) is 2.24. The maximum atomic E-state index is 5.46. The van der Waals surface area contributed by atoms with Crippen LogP contribution in [-0.4, -0.2) is 29.5 Å². The summed E-state index contributed by atoms with van der Waals surface area (Å²) in [6, 6.07) is 64.6. The average molecular weight is 1240 g/mol. The van der Waals surface area contributed by atoms with Crippen LogP contribution in [0.25, 0.3) is 116 Å². The van der Waals surface area contributed by atoms with Crippen LogP contribution < -0.4 is 0 Å². The highest BCUT2D eigenvalue weighted by Gasteiger charge is 2.23. The fraction of sp³-hybridized carbons (Fsp3) is 0.0678. The second kappa shape index (κ2) is 18.8. The van der Waals surface area contributed by atoms with Crippen LogP contribution in [0.15, 0.2) is 182 Å². The van der Waals surface area contributed by atoms with Crippen LogP contribution in [0.5, 0.6) is 0 Å². The van der Waals surface area contributed by atoms with E-state index in [1.807, 2.05) is 35.6 Å². The van der Waals surface area contributed by atoms with Crippen molar-refractivity contribution in [1.29, 1.82) is 0 Å². The Morgan fingerprint density at radius 1 is 0.449 bits per heavy atom. The third kappa shape index (κ3) is 8.52. The van der Waals surface area contributed by atoms with Crippen molar-refractivity contribution in [2.24, 2.45) is 0 Å². The lowest BCUT2D eigenvalue weighted by molar-refractivity contribution is 0.795. The predicted octanol–water partition coefficient (Wildman–Crippen LogP) is 17.3. The van der Waals surface area contributed by atoms with E-state index >= 15 is 0 Å². The Bertz CT molecular complexity index is 3870. The van der Waals surface area contributed by atoms with Crippen LogP contribution in [0.4, 0.5) is 0 Å². The van der Waals surface area contributed by atoms with Gasteiger partial charge in [-0.1, -0.05) is 116 Å². The number of unbranched alkanes of at least 4 members (excludes halogenated alkanes) is 1. The highest BCUT2D eigenvalue weighted by molar-refractivity contribution is 14.1. The molecule has 0 aliphatic carbocycles. The molecular formula is C59H39I3N6S. The number of aryl methyl sites for hydroxylation is 1. The Morgan fingerprint density at radius 2 is 1.06 bits per heavy atom. The molecule has 0 amide bonds. The molecule has 12 aromatic rings. The fourth-order valence-corrected chi connectivity index (χ4v) is 13.3. The van der Waals surface area contributed by atoms with Gasteiger partial charge in [-0.3, -0.25) is 0 Å². The molecule has 0 saturated heterocycles. The van der Waals surface area contributed by atoms with Crippen molar-refractivity contribution >= 4 is 121 Å². The van der Waals surface area contributed by atoms with Crippen molar-refractivity contribution in [1.82, 2.24) is 29.5 Å². The zero-order chi connectivity index (χ0) is 46.6. The van der Waals surface area contributed by atoms with Crippen LogP contribution in [0.2, 0.25) is 0 Å². The summed E-state index contributed by atoms with van der Waals surface area (Å²) >= 11 is 9.05. The molecule has 0 radical (unpaired) electrons. The van der Waals surface area contributed by atoms with Crippen LogP contribution in [0, 0.1) is 10.7 Å². The van der Waals surface area contributed by atoms with Gasteiger partial charge in [0.05, 0.1) is 28.1 Å². The largest absolute Gasteiger partial charge is 0.309 e. The first-order valence-electron chi connectivity index (χ1n) is 22.9. The highest BCUT2D eigenvalue weighted by atomic mass is 127. The van der Waals surface area contributed by atoms with Gasteiger partial charge in [0, 0.05) is 75.0 Å². The molecule has 4 aromatic heterocycles. The first-order valence-corrected chi connectivity index (χ1v) is 26.9. The van der Waals surface area contributed by atoms with Gasteiger partial charge >= 0.3 is 0 Å². The van der Waals surface area contributed by atoms with Crippen molar-refractivity contribution in [3.63, 3.8) is 0 Å². The van der Waals surface area contributed by atoms with Gasteiger partial charge in [0.2, 0.25) is 0 Å². The van der Waals surface area contributed by atoms with Crippen molar-refractivity contribution in [2.75, 3.05) is 0 Å². The first kappa shape index (κ1) is 44.3. The Labute approximate surface area is 444 Å². The van der Waals surface area contributed by atoms with Gasteiger partial charge in [0.1, 0.15) is 0 Å². The van der Waals surface area contributed by atoms with E-state index in [1.54, 1.807) is 0 Å². The van der Waals surface area contributed by atoms with Gasteiger partial charge in [0.15, 0.2) is 23.3 Å². The maximum Gasteiger partial charge on any atom is 0.164 e. The zero-order valence-corrected chi connectivity index (χ0v) is 44.5. The van der Waals surface area contributed by atoms with E-state index in [4.69, 9.17) is 24.9 Å². The van der Waals surface area contributed by atoms with E-state index in [9.17, 15) is 0 Å². The van der Waals surface area contributed by atoms with Crippen molar-refractivity contribution in [3.05, 3.63) is 198 Å². The minimum absolute atomic E-state index is 0.584. The normalized spacial score (nSPS) is 11.7. The Hall–Kier alpha value is -5.94. The molecule has 10 heteroatoms. The number of para-hydroxylation sites is 1. The summed E-state index contributed by atoms with van der Waals surface area (Å²) in [5, 5.41) is 4.99. The third-order valence-electron chi connectivity index (χ3n) is 12.6. The summed E-state index contributed by atoms with van der Waals surface area (Å²) in [5.41, 5.74) is 11.8. The third-order valence-corrected chi connectivity index (χ3v) is 15.6. The molecule has 6 nitrogen and oxygen atoms in total. The molecule has 4 heterocycles. The SMILES string of the molecule is CCCCc1cc(I)cc(-c2nc(-c3cc(I)cc(I)c3)nc(-c3ccc(-n4c5ccccc5c5c6sc7ccccc7c6ccc54)c(-c4cc(-c5ccccc5)nc(-c5ccccc5)n4)c3)n2)c1. The monoisotopic (exact) mass is 1240 g/mol. The summed E-state index contributed by atoms with van der Waals surface area (Å²) in [5.74, 6) is 2.49. The number of hydrogen-bond acceptors (Lipinski definition) is 6. The lowest BCUT2D eigenvalue weighted by Crippen LogP contribution is -2.04. The predicted molar refractivity (Wildman–Crippen MR) is 312 cm³/mol. The maximum absolute atomic E-state index is 5.46. The van der Waals surface area contributed by atoms with E-state index in [-0.39, 0.29) is 0 Å². The second-order valence-electron chi connectivity index (χ2n) is 17.1. The van der Waals surface area contributed by atoms with Gasteiger partial charge in [-0.25, -0.2) is 24.9 Å². The van der Waals surface area contributed by atoms with E-state index in [2.05, 4.69) is 237 Å². The number of nitrogens with zero attached hydrogens (tertiary/aromatic N) is 6. The van der Waals surface area contributed by atoms with Crippen molar-refractivity contribution in [3.8, 4) is 73.8 Å². The quantitative estimate of drug-likeness (QED) is 0.128. The number of fused-ring (bicyclic) bond motifs is 7. The zero-order valence-electron chi connectivity index (χ0n) is 37.2. The van der Waals surface area contributed by atoms with E-state index < -0.39 is 0 Å². The summed E-state index contributed by atoms with van der Waals surface area (Å²) < 4.78 is 8.37. The van der Waals surface area contributed by atoms with Gasteiger partial charge in [0.25, 0.3) is 0 Å². The van der Waals surface area contributed by atoms with Crippen LogP contribution >= 0.6 is 79.1 Å². The minimum atomic E-state index is 0.584. The van der Waals surface area contributed by atoms with Crippen LogP contribution in [0.1, 0.15) is 25.3 Å². The Morgan fingerprint density at radius 3 is 1.80 bits per heavy atom. The molecule has 332 valence electrons. The van der Waals surface area contributed by atoms with Crippen molar-refractivity contribution < 1.29 is 0 Å². The topological polar surface area (TPSA) is 69.4 Å². The molecule has 0 aliphatic heterocycles. The number of hydrogen-bond donors (Lipinski definition) is 0. The molecule has 0 spiro atoms. The molecule has 0 fully saturated rings. The Kier molecular flexibility index (Phi) is 12.0. The van der Waals surface area contributed by atoms with Crippen LogP contribution in [-0.2, 0) is 6.42 Å². The number of halogens is 3. The molecule has 0 N–H and O–H groups in total. The molecule has 0 bridgehead atoms.